The van der Waals surface area contributed by atoms with Crippen LogP contribution in [0, 0.1) is 0 Å². The summed E-state index contributed by atoms with van der Waals surface area (Å²) in [7, 11) is 1.92. The second-order valence-electron chi connectivity index (χ2n) is 2.13. The maximum absolute atomic E-state index is 3.24. The summed E-state index contributed by atoms with van der Waals surface area (Å²) in [5.74, 6) is 0. The van der Waals surface area contributed by atoms with Crippen LogP contribution in [0.4, 0.5) is 5.69 Å². The standard InChI is InChI=1S/C9H10BrN/c1-11-9-5-3-2-4-8(9)6-7-10/h2-7,11H,1H3/b7-6+. The normalized spacial score (nSPS) is 10.4. The van der Waals surface area contributed by atoms with Crippen molar-refractivity contribution in [1.29, 1.82) is 0 Å². The summed E-state index contributed by atoms with van der Waals surface area (Å²) in [6.07, 6.45) is 2.01. The molecule has 1 aromatic carbocycles. The fourth-order valence-corrected chi connectivity index (χ4v) is 1.22. The second kappa shape index (κ2) is 4.19. The zero-order valence-corrected chi connectivity index (χ0v) is 7.93. The first-order chi connectivity index (χ1) is 5.38. The molecule has 0 saturated heterocycles. The zero-order chi connectivity index (χ0) is 8.10. The predicted molar refractivity (Wildman–Crippen MR) is 53.9 cm³/mol. The maximum Gasteiger partial charge on any atom is 0.0411 e. The van der Waals surface area contributed by atoms with Crippen molar-refractivity contribution in [3.63, 3.8) is 0 Å². The van der Waals surface area contributed by atoms with Gasteiger partial charge in [0.2, 0.25) is 0 Å². The van der Waals surface area contributed by atoms with Gasteiger partial charge >= 0.3 is 0 Å². The second-order valence-corrected chi connectivity index (χ2v) is 2.66. The third-order valence-electron chi connectivity index (χ3n) is 1.47. The Morgan fingerprint density at radius 3 is 2.73 bits per heavy atom. The Morgan fingerprint density at radius 1 is 1.36 bits per heavy atom. The van der Waals surface area contributed by atoms with Gasteiger partial charge in [-0.3, -0.25) is 0 Å². The third-order valence-corrected chi connectivity index (χ3v) is 1.74. The SMILES string of the molecule is CNc1ccccc1/C=C/Br. The Morgan fingerprint density at radius 2 is 2.09 bits per heavy atom. The van der Waals surface area contributed by atoms with Crippen molar-refractivity contribution >= 4 is 27.7 Å². The Bertz CT molecular complexity index is 255. The zero-order valence-electron chi connectivity index (χ0n) is 6.34. The van der Waals surface area contributed by atoms with Crippen molar-refractivity contribution in [2.75, 3.05) is 12.4 Å². The number of nitrogens with one attached hydrogen (secondary N) is 1. The lowest BCUT2D eigenvalue weighted by molar-refractivity contribution is 1.50. The largest absolute Gasteiger partial charge is 0.388 e. The number of hydrogen-bond donors (Lipinski definition) is 1. The average molecular weight is 212 g/mol. The van der Waals surface area contributed by atoms with E-state index in [4.69, 9.17) is 0 Å². The first-order valence-electron chi connectivity index (χ1n) is 3.42. The molecule has 0 spiro atoms. The molecule has 0 fully saturated rings. The third kappa shape index (κ3) is 2.09. The predicted octanol–water partition coefficient (Wildman–Crippen LogP) is 3.09. The Labute approximate surface area is 75.3 Å². The van der Waals surface area contributed by atoms with Gasteiger partial charge in [-0.15, -0.1) is 0 Å². The Balaban J connectivity index is 3.02. The minimum Gasteiger partial charge on any atom is -0.388 e. The van der Waals surface area contributed by atoms with Gasteiger partial charge in [-0.25, -0.2) is 0 Å². The van der Waals surface area contributed by atoms with Crippen LogP contribution in [0.3, 0.4) is 0 Å². The van der Waals surface area contributed by atoms with Crippen LogP contribution in [0.5, 0.6) is 0 Å². The molecule has 0 atom stereocenters. The number of rotatable bonds is 2. The molecule has 0 aromatic heterocycles. The highest BCUT2D eigenvalue weighted by atomic mass is 79.9. The molecule has 0 saturated carbocycles. The molecule has 1 N–H and O–H groups in total. The van der Waals surface area contributed by atoms with Crippen LogP contribution in [0.25, 0.3) is 6.08 Å². The molecule has 0 amide bonds. The molecule has 0 unspecified atom stereocenters. The summed E-state index contributed by atoms with van der Waals surface area (Å²) >= 11 is 3.24. The van der Waals surface area contributed by atoms with Gasteiger partial charge in [-0.1, -0.05) is 34.1 Å². The van der Waals surface area contributed by atoms with Crippen molar-refractivity contribution in [2.45, 2.75) is 0 Å². The molecule has 1 rings (SSSR count). The van der Waals surface area contributed by atoms with E-state index >= 15 is 0 Å². The molecule has 0 heterocycles. The van der Waals surface area contributed by atoms with Crippen LogP contribution < -0.4 is 5.32 Å². The molecule has 0 radical (unpaired) electrons. The molecule has 1 aromatic rings. The maximum atomic E-state index is 3.24. The summed E-state index contributed by atoms with van der Waals surface area (Å²) in [5, 5.41) is 3.11. The van der Waals surface area contributed by atoms with E-state index in [9.17, 15) is 0 Å². The van der Waals surface area contributed by atoms with Gasteiger partial charge in [0.15, 0.2) is 0 Å². The lowest BCUT2D eigenvalue weighted by Gasteiger charge is -2.02. The lowest BCUT2D eigenvalue weighted by atomic mass is 10.2. The van der Waals surface area contributed by atoms with Crippen LogP contribution >= 0.6 is 15.9 Å². The lowest BCUT2D eigenvalue weighted by Crippen LogP contribution is -1.89. The number of hydrogen-bond acceptors (Lipinski definition) is 1. The van der Waals surface area contributed by atoms with Crippen LogP contribution in [-0.4, -0.2) is 7.05 Å². The van der Waals surface area contributed by atoms with Crippen LogP contribution in [-0.2, 0) is 0 Å². The minimum atomic E-state index is 1.14. The van der Waals surface area contributed by atoms with Gasteiger partial charge < -0.3 is 5.32 Å². The smallest absolute Gasteiger partial charge is 0.0411 e. The van der Waals surface area contributed by atoms with E-state index in [1.807, 2.05) is 36.3 Å². The molecule has 58 valence electrons. The highest BCUT2D eigenvalue weighted by Gasteiger charge is 1.92. The molecule has 1 nitrogen and oxygen atoms in total. The summed E-state index contributed by atoms with van der Waals surface area (Å²) < 4.78 is 0. The topological polar surface area (TPSA) is 12.0 Å². The van der Waals surface area contributed by atoms with Crippen molar-refractivity contribution in [1.82, 2.24) is 0 Å². The van der Waals surface area contributed by atoms with Crippen LogP contribution in [0.15, 0.2) is 29.3 Å². The first-order valence-corrected chi connectivity index (χ1v) is 4.33. The molecule has 11 heavy (non-hydrogen) atoms. The molecule has 0 aliphatic rings. The highest BCUT2D eigenvalue weighted by molar-refractivity contribution is 9.11. The van der Waals surface area contributed by atoms with Gasteiger partial charge in [0.05, 0.1) is 0 Å². The van der Waals surface area contributed by atoms with Crippen LogP contribution in [0.2, 0.25) is 0 Å². The fourth-order valence-electron chi connectivity index (χ4n) is 0.938. The summed E-state index contributed by atoms with van der Waals surface area (Å²) in [5.41, 5.74) is 2.33. The number of para-hydroxylation sites is 1. The summed E-state index contributed by atoms with van der Waals surface area (Å²) in [4.78, 5) is 1.85. The van der Waals surface area contributed by atoms with E-state index in [0.29, 0.717) is 0 Å². The van der Waals surface area contributed by atoms with Crippen molar-refractivity contribution < 1.29 is 0 Å². The number of anilines is 1. The summed E-state index contributed by atoms with van der Waals surface area (Å²) in [6.45, 7) is 0. The van der Waals surface area contributed by atoms with Gasteiger partial charge in [0, 0.05) is 12.7 Å². The van der Waals surface area contributed by atoms with Crippen LogP contribution in [0.1, 0.15) is 5.56 Å². The van der Waals surface area contributed by atoms with E-state index in [1.54, 1.807) is 0 Å². The van der Waals surface area contributed by atoms with E-state index in [1.165, 1.54) is 5.56 Å². The van der Waals surface area contributed by atoms with Gasteiger partial charge in [0.1, 0.15) is 0 Å². The molecular formula is C9H10BrN. The van der Waals surface area contributed by atoms with Crippen molar-refractivity contribution in [3.05, 3.63) is 34.8 Å². The minimum absolute atomic E-state index is 1.14. The fraction of sp³-hybridized carbons (Fsp3) is 0.111. The highest BCUT2D eigenvalue weighted by Crippen LogP contribution is 2.15. The van der Waals surface area contributed by atoms with Crippen molar-refractivity contribution in [2.24, 2.45) is 0 Å². The molecular weight excluding hydrogens is 202 g/mol. The van der Waals surface area contributed by atoms with E-state index in [0.717, 1.165) is 5.69 Å². The Hall–Kier alpha value is -0.760. The van der Waals surface area contributed by atoms with E-state index in [2.05, 4.69) is 27.3 Å². The van der Waals surface area contributed by atoms with Crippen molar-refractivity contribution in [3.8, 4) is 0 Å². The van der Waals surface area contributed by atoms with E-state index < -0.39 is 0 Å². The molecule has 0 aliphatic heterocycles. The molecule has 2 heteroatoms. The number of benzene rings is 1. The van der Waals surface area contributed by atoms with Gasteiger partial charge in [-0.05, 0) is 22.7 Å². The quantitative estimate of drug-likeness (QED) is 0.794. The molecule has 0 aliphatic carbocycles. The summed E-state index contributed by atoms with van der Waals surface area (Å²) in [6, 6.07) is 8.13. The number of halogens is 1. The Kier molecular flexibility index (Phi) is 3.17. The van der Waals surface area contributed by atoms with Gasteiger partial charge in [0.25, 0.3) is 0 Å². The average Bonchev–Trinajstić information content (AvgIpc) is 2.06. The first kappa shape index (κ1) is 8.34. The van der Waals surface area contributed by atoms with E-state index in [-0.39, 0.29) is 0 Å². The van der Waals surface area contributed by atoms with Gasteiger partial charge in [-0.2, -0.15) is 0 Å². The molecule has 0 bridgehead atoms. The monoisotopic (exact) mass is 211 g/mol.